The molecular weight excluding hydrogens is 416 g/mol. The van der Waals surface area contributed by atoms with Gasteiger partial charge in [-0.2, -0.15) is 0 Å². The molecule has 1 atom stereocenters. The molecule has 1 aliphatic rings. The highest BCUT2D eigenvalue weighted by Crippen LogP contribution is 2.32. The van der Waals surface area contributed by atoms with Gasteiger partial charge in [-0.3, -0.25) is 4.90 Å². The predicted octanol–water partition coefficient (Wildman–Crippen LogP) is 5.68. The maximum atomic E-state index is 12.6. The molecule has 150 valence electrons. The Kier molecular flexibility index (Phi) is 6.33. The topological polar surface area (TPSA) is 41.6 Å². The number of hydrogen-bond donors (Lipinski definition) is 1. The molecule has 0 fully saturated rings. The van der Waals surface area contributed by atoms with E-state index in [0.717, 1.165) is 28.8 Å². The number of urea groups is 1. The average Bonchev–Trinajstić information content (AvgIpc) is 2.97. The van der Waals surface area contributed by atoms with Crippen LogP contribution in [0.3, 0.4) is 0 Å². The highest BCUT2D eigenvalue weighted by Gasteiger charge is 2.30. The van der Waals surface area contributed by atoms with Gasteiger partial charge in [-0.15, -0.1) is 0 Å². The summed E-state index contributed by atoms with van der Waals surface area (Å²) in [5.74, 6) is 0.835. The first-order valence-corrected chi connectivity index (χ1v) is 10.6. The van der Waals surface area contributed by atoms with Crippen LogP contribution in [-0.4, -0.2) is 25.2 Å². The van der Waals surface area contributed by atoms with Crippen LogP contribution in [0, 0.1) is 0 Å². The first-order valence-electron chi connectivity index (χ1n) is 9.85. The number of ether oxygens (including phenoxy) is 1. The van der Waals surface area contributed by atoms with Gasteiger partial charge in [0.15, 0.2) is 0 Å². The summed E-state index contributed by atoms with van der Waals surface area (Å²) in [6, 6.07) is 14.5. The number of anilines is 1. The number of hydrogen-bond acceptors (Lipinski definition) is 2. The van der Waals surface area contributed by atoms with Crippen LogP contribution < -0.4 is 15.0 Å². The zero-order valence-electron chi connectivity index (χ0n) is 17.1. The third-order valence-electron chi connectivity index (χ3n) is 5.08. The Morgan fingerprint density at radius 3 is 2.71 bits per heavy atom. The van der Waals surface area contributed by atoms with Crippen molar-refractivity contribution in [2.75, 3.05) is 18.1 Å². The van der Waals surface area contributed by atoms with Gasteiger partial charge in [0.1, 0.15) is 5.75 Å². The molecule has 5 heteroatoms. The van der Waals surface area contributed by atoms with Crippen LogP contribution in [0.15, 0.2) is 46.9 Å². The van der Waals surface area contributed by atoms with Crippen LogP contribution in [0.5, 0.6) is 5.75 Å². The summed E-state index contributed by atoms with van der Waals surface area (Å²) in [7, 11) is 0. The molecule has 0 aromatic heterocycles. The number of nitrogens with zero attached hydrogens (tertiary/aromatic N) is 1. The summed E-state index contributed by atoms with van der Waals surface area (Å²) < 4.78 is 6.84. The molecule has 1 heterocycles. The van der Waals surface area contributed by atoms with Crippen molar-refractivity contribution in [3.63, 3.8) is 0 Å². The summed E-state index contributed by atoms with van der Waals surface area (Å²) in [6.45, 7) is 9.80. The third kappa shape index (κ3) is 4.69. The van der Waals surface area contributed by atoms with Crippen molar-refractivity contribution in [3.8, 4) is 5.75 Å². The van der Waals surface area contributed by atoms with Gasteiger partial charge in [0.05, 0.1) is 11.1 Å². The fraction of sp³-hybridized carbons (Fsp3) is 0.435. The average molecular weight is 445 g/mol. The van der Waals surface area contributed by atoms with Crippen LogP contribution in [0.2, 0.25) is 0 Å². The lowest BCUT2D eigenvalue weighted by Crippen LogP contribution is -2.43. The molecule has 0 spiro atoms. The Hall–Kier alpha value is -2.01. The Morgan fingerprint density at radius 1 is 1.25 bits per heavy atom. The molecule has 3 rings (SSSR count). The summed E-state index contributed by atoms with van der Waals surface area (Å²) >= 11 is 3.60. The Labute approximate surface area is 176 Å². The first kappa shape index (κ1) is 20.7. The van der Waals surface area contributed by atoms with Crippen molar-refractivity contribution < 1.29 is 9.53 Å². The van der Waals surface area contributed by atoms with Crippen LogP contribution in [0.4, 0.5) is 10.5 Å². The van der Waals surface area contributed by atoms with Crippen molar-refractivity contribution in [2.24, 2.45) is 0 Å². The van der Waals surface area contributed by atoms with E-state index in [1.165, 1.54) is 11.1 Å². The van der Waals surface area contributed by atoms with E-state index >= 15 is 0 Å². The second-order valence-electron chi connectivity index (χ2n) is 8.38. The maximum absolute atomic E-state index is 12.6. The van der Waals surface area contributed by atoms with Gasteiger partial charge in [-0.25, -0.2) is 4.79 Å². The molecule has 0 bridgehead atoms. The molecule has 0 radical (unpaired) electrons. The quantitative estimate of drug-likeness (QED) is 0.602. The number of rotatable bonds is 5. The van der Waals surface area contributed by atoms with E-state index in [4.69, 9.17) is 4.74 Å². The zero-order valence-corrected chi connectivity index (χ0v) is 18.7. The van der Waals surface area contributed by atoms with Crippen LogP contribution in [0.1, 0.15) is 45.2 Å². The molecule has 1 N–H and O–H groups in total. The molecule has 28 heavy (non-hydrogen) atoms. The minimum atomic E-state index is -0.0341. The van der Waals surface area contributed by atoms with Crippen molar-refractivity contribution in [1.82, 2.24) is 5.32 Å². The predicted molar refractivity (Wildman–Crippen MR) is 118 cm³/mol. The Balaban J connectivity index is 1.46. The fourth-order valence-corrected chi connectivity index (χ4v) is 3.99. The molecule has 2 amide bonds. The van der Waals surface area contributed by atoms with Gasteiger partial charge in [0, 0.05) is 18.3 Å². The van der Waals surface area contributed by atoms with Crippen molar-refractivity contribution >= 4 is 27.6 Å². The number of carbonyl (C=O) groups excluding carboxylic acids is 1. The zero-order chi connectivity index (χ0) is 20.3. The molecule has 0 aliphatic carbocycles. The van der Waals surface area contributed by atoms with E-state index in [0.29, 0.717) is 13.2 Å². The van der Waals surface area contributed by atoms with Crippen LogP contribution in [-0.2, 0) is 11.8 Å². The van der Waals surface area contributed by atoms with Crippen molar-refractivity contribution in [3.05, 3.63) is 58.1 Å². The number of halogens is 1. The molecule has 1 aliphatic heterocycles. The monoisotopic (exact) mass is 444 g/mol. The normalized spacial score (nSPS) is 16.0. The molecule has 1 unspecified atom stereocenters. The number of para-hydroxylation sites is 1. The summed E-state index contributed by atoms with van der Waals surface area (Å²) in [5.41, 5.74) is 3.62. The number of carbonyl (C=O) groups is 1. The smallest absolute Gasteiger partial charge is 0.322 e. The van der Waals surface area contributed by atoms with E-state index < -0.39 is 0 Å². The van der Waals surface area contributed by atoms with E-state index in [2.05, 4.69) is 67.1 Å². The van der Waals surface area contributed by atoms with Gasteiger partial charge in [-0.1, -0.05) is 45.0 Å². The molecule has 0 saturated carbocycles. The fourth-order valence-electron chi connectivity index (χ4n) is 3.49. The summed E-state index contributed by atoms with van der Waals surface area (Å²) in [4.78, 5) is 14.5. The Morgan fingerprint density at radius 2 is 2.00 bits per heavy atom. The number of amides is 2. The van der Waals surface area contributed by atoms with Gasteiger partial charge in [-0.05, 0) is 70.4 Å². The van der Waals surface area contributed by atoms with Crippen LogP contribution in [0.25, 0.3) is 0 Å². The molecular formula is C23H29BrN2O2. The molecule has 4 nitrogen and oxygen atoms in total. The van der Waals surface area contributed by atoms with Crippen molar-refractivity contribution in [1.29, 1.82) is 0 Å². The molecule has 2 aromatic carbocycles. The van der Waals surface area contributed by atoms with Crippen LogP contribution >= 0.6 is 15.9 Å². The minimum Gasteiger partial charge on any atom is -0.492 e. The van der Waals surface area contributed by atoms with Gasteiger partial charge < -0.3 is 10.1 Å². The number of nitrogens with one attached hydrogen (secondary N) is 1. The van der Waals surface area contributed by atoms with Gasteiger partial charge in [0.25, 0.3) is 0 Å². The Bertz CT molecular complexity index is 845. The summed E-state index contributed by atoms with van der Waals surface area (Å²) in [5, 5.41) is 3.02. The highest BCUT2D eigenvalue weighted by atomic mass is 79.9. The number of benzene rings is 2. The second-order valence-corrected chi connectivity index (χ2v) is 9.24. The molecule has 2 aromatic rings. The SMILES string of the molecule is CC1Cc2ccccc2N1C(=O)NCCCOc1ccc(C(C)(C)C)cc1Br. The second kappa shape index (κ2) is 8.56. The van der Waals surface area contributed by atoms with Crippen molar-refractivity contribution in [2.45, 2.75) is 52.0 Å². The van der Waals surface area contributed by atoms with E-state index in [1.54, 1.807) is 0 Å². The third-order valence-corrected chi connectivity index (χ3v) is 5.70. The van der Waals surface area contributed by atoms with Gasteiger partial charge in [0.2, 0.25) is 0 Å². The minimum absolute atomic E-state index is 0.0341. The maximum Gasteiger partial charge on any atom is 0.322 e. The van der Waals surface area contributed by atoms with E-state index in [-0.39, 0.29) is 17.5 Å². The van der Waals surface area contributed by atoms with E-state index in [1.807, 2.05) is 29.2 Å². The highest BCUT2D eigenvalue weighted by molar-refractivity contribution is 9.10. The largest absolute Gasteiger partial charge is 0.492 e. The number of fused-ring (bicyclic) bond motifs is 1. The summed E-state index contributed by atoms with van der Waals surface area (Å²) in [6.07, 6.45) is 1.66. The lowest BCUT2D eigenvalue weighted by molar-refractivity contribution is 0.243. The lowest BCUT2D eigenvalue weighted by Gasteiger charge is -2.23. The van der Waals surface area contributed by atoms with Gasteiger partial charge >= 0.3 is 6.03 Å². The lowest BCUT2D eigenvalue weighted by atomic mass is 9.87. The van der Waals surface area contributed by atoms with E-state index in [9.17, 15) is 4.79 Å². The first-order chi connectivity index (χ1) is 13.3. The standard InChI is InChI=1S/C23H29BrN2O2/c1-16-14-17-8-5-6-9-20(17)26(16)22(27)25-12-7-13-28-21-11-10-18(15-19(21)24)23(2,3)4/h5-6,8-11,15-16H,7,12-14H2,1-4H3,(H,25,27). The molecule has 0 saturated heterocycles.